The monoisotopic (exact) mass is 446 g/mol. The highest BCUT2D eigenvalue weighted by atomic mass is 16.6. The lowest BCUT2D eigenvalue weighted by Crippen LogP contribution is -2.09. The Labute approximate surface area is 194 Å². The fourth-order valence-electron chi connectivity index (χ4n) is 3.44. The number of benzene rings is 2. The minimum absolute atomic E-state index is 0.0241. The van der Waals surface area contributed by atoms with E-state index in [4.69, 9.17) is 14.7 Å². The maximum Gasteiger partial charge on any atom is 0.307 e. The summed E-state index contributed by atoms with van der Waals surface area (Å²) in [5.41, 5.74) is 5.51. The fraction of sp³-hybridized carbons (Fsp3) is 0.296. The zero-order valence-corrected chi connectivity index (χ0v) is 19.2. The lowest BCUT2D eigenvalue weighted by atomic mass is 10.0. The van der Waals surface area contributed by atoms with Crippen LogP contribution in [0.25, 0.3) is 11.3 Å². The highest BCUT2D eigenvalue weighted by Crippen LogP contribution is 2.22. The van der Waals surface area contributed by atoms with Gasteiger partial charge in [-0.15, -0.1) is 0 Å². The summed E-state index contributed by atoms with van der Waals surface area (Å²) in [5, 5.41) is 13.4. The summed E-state index contributed by atoms with van der Waals surface area (Å²) in [6.45, 7) is 4.63. The molecule has 0 bridgehead atoms. The van der Waals surface area contributed by atoms with E-state index in [0.29, 0.717) is 19.0 Å². The Balaban J connectivity index is 1.59. The van der Waals surface area contributed by atoms with Gasteiger partial charge in [-0.25, -0.2) is 0 Å². The average molecular weight is 447 g/mol. The summed E-state index contributed by atoms with van der Waals surface area (Å²) in [7, 11) is 0. The Morgan fingerprint density at radius 1 is 1.03 bits per heavy atom. The van der Waals surface area contributed by atoms with E-state index in [1.165, 1.54) is 0 Å². The first-order valence-corrected chi connectivity index (χ1v) is 11.2. The van der Waals surface area contributed by atoms with Crippen LogP contribution in [0.4, 0.5) is 0 Å². The molecule has 1 heterocycles. The summed E-state index contributed by atoms with van der Waals surface area (Å²) in [6.07, 6.45) is 4.69. The molecule has 0 saturated heterocycles. The van der Waals surface area contributed by atoms with Crippen molar-refractivity contribution in [2.45, 2.75) is 39.5 Å². The molecule has 172 valence electrons. The topological polar surface area (TPSA) is 81.0 Å². The van der Waals surface area contributed by atoms with Crippen molar-refractivity contribution in [1.82, 2.24) is 4.98 Å². The molecule has 0 atom stereocenters. The summed E-state index contributed by atoms with van der Waals surface area (Å²) < 4.78 is 5.80. The number of aliphatic carboxylic acids is 1. The van der Waals surface area contributed by atoms with Crippen LogP contribution < -0.4 is 4.74 Å². The minimum atomic E-state index is -0.861. The van der Waals surface area contributed by atoms with Crippen LogP contribution in [0.2, 0.25) is 0 Å². The molecule has 3 rings (SSSR count). The Kier molecular flexibility index (Phi) is 9.00. The van der Waals surface area contributed by atoms with Gasteiger partial charge in [0.1, 0.15) is 12.4 Å². The Morgan fingerprint density at radius 3 is 2.55 bits per heavy atom. The third kappa shape index (κ3) is 7.17. The van der Waals surface area contributed by atoms with Gasteiger partial charge in [0.25, 0.3) is 0 Å². The van der Waals surface area contributed by atoms with Crippen LogP contribution in [-0.2, 0) is 16.1 Å². The van der Waals surface area contributed by atoms with E-state index >= 15 is 0 Å². The smallest absolute Gasteiger partial charge is 0.307 e. The van der Waals surface area contributed by atoms with Gasteiger partial charge in [0.15, 0.2) is 6.61 Å². The number of pyridine rings is 1. The molecule has 1 N–H and O–H groups in total. The molecule has 0 unspecified atom stereocenters. The van der Waals surface area contributed by atoms with Crippen LogP contribution in [0.15, 0.2) is 72.0 Å². The Bertz CT molecular complexity index is 1060. The normalized spacial score (nSPS) is 11.3. The van der Waals surface area contributed by atoms with Crippen LogP contribution in [0.5, 0.6) is 5.75 Å². The quantitative estimate of drug-likeness (QED) is 0.220. The van der Waals surface area contributed by atoms with Crippen LogP contribution in [-0.4, -0.2) is 35.0 Å². The number of unbranched alkanes of at least 4 members (excludes halogenated alkanes) is 1. The number of carbonyl (C=O) groups is 1. The molecule has 0 aliphatic carbocycles. The zero-order valence-electron chi connectivity index (χ0n) is 19.2. The number of rotatable bonds is 12. The van der Waals surface area contributed by atoms with Crippen LogP contribution >= 0.6 is 0 Å². The van der Waals surface area contributed by atoms with Crippen molar-refractivity contribution in [3.8, 4) is 17.0 Å². The lowest BCUT2D eigenvalue weighted by molar-refractivity contribution is -0.136. The first kappa shape index (κ1) is 24.0. The molecule has 0 fully saturated rings. The van der Waals surface area contributed by atoms with E-state index in [0.717, 1.165) is 52.9 Å². The molecule has 3 aromatic rings. The van der Waals surface area contributed by atoms with Crippen molar-refractivity contribution in [3.63, 3.8) is 0 Å². The molecule has 6 nitrogen and oxygen atoms in total. The second-order valence-electron chi connectivity index (χ2n) is 7.73. The van der Waals surface area contributed by atoms with E-state index in [1.54, 1.807) is 18.3 Å². The number of hydrogen-bond acceptors (Lipinski definition) is 5. The molecule has 2 aromatic carbocycles. The van der Waals surface area contributed by atoms with E-state index in [1.807, 2.05) is 31.2 Å². The molecule has 0 spiro atoms. The van der Waals surface area contributed by atoms with Crippen LogP contribution in [0.3, 0.4) is 0 Å². The molecule has 0 aliphatic heterocycles. The van der Waals surface area contributed by atoms with E-state index < -0.39 is 5.97 Å². The first-order valence-electron chi connectivity index (χ1n) is 11.2. The largest absolute Gasteiger partial charge is 0.490 e. The predicted octanol–water partition coefficient (Wildman–Crippen LogP) is 5.67. The second kappa shape index (κ2) is 12.4. The number of hydrogen-bond donors (Lipinski definition) is 1. The second-order valence-corrected chi connectivity index (χ2v) is 7.73. The van der Waals surface area contributed by atoms with Crippen molar-refractivity contribution in [3.05, 3.63) is 83.6 Å². The van der Waals surface area contributed by atoms with Crippen LogP contribution in [0.1, 0.15) is 42.9 Å². The van der Waals surface area contributed by atoms with Gasteiger partial charge in [0.05, 0.1) is 17.8 Å². The molecule has 6 heteroatoms. The van der Waals surface area contributed by atoms with Crippen LogP contribution in [0, 0.1) is 6.92 Å². The zero-order chi connectivity index (χ0) is 23.5. The molecule has 1 aromatic heterocycles. The third-order valence-electron chi connectivity index (χ3n) is 5.29. The van der Waals surface area contributed by atoms with Gasteiger partial charge in [0.2, 0.25) is 0 Å². The number of carboxylic acids is 1. The molecular weight excluding hydrogens is 416 g/mol. The van der Waals surface area contributed by atoms with Crippen molar-refractivity contribution in [2.24, 2.45) is 5.16 Å². The number of ether oxygens (including phenoxy) is 1. The molecule has 0 amide bonds. The van der Waals surface area contributed by atoms with E-state index in [2.05, 4.69) is 41.3 Å². The van der Waals surface area contributed by atoms with E-state index in [-0.39, 0.29) is 6.42 Å². The van der Waals surface area contributed by atoms with Crippen molar-refractivity contribution >= 4 is 11.7 Å². The molecule has 0 aliphatic rings. The summed E-state index contributed by atoms with van der Waals surface area (Å²) >= 11 is 0. The van der Waals surface area contributed by atoms with Gasteiger partial charge < -0.3 is 14.7 Å². The van der Waals surface area contributed by atoms with Gasteiger partial charge >= 0.3 is 5.97 Å². The van der Waals surface area contributed by atoms with Gasteiger partial charge in [0, 0.05) is 11.8 Å². The minimum Gasteiger partial charge on any atom is -0.490 e. The van der Waals surface area contributed by atoms with Crippen molar-refractivity contribution in [1.29, 1.82) is 0 Å². The first-order chi connectivity index (χ1) is 16.1. The maximum atomic E-state index is 11.0. The number of aromatic nitrogens is 1. The molecule has 0 saturated carbocycles. The average Bonchev–Trinajstić information content (AvgIpc) is 2.83. The number of carboxylic acid groups (broad SMARTS) is 1. The fourth-order valence-corrected chi connectivity index (χ4v) is 3.44. The predicted molar refractivity (Wildman–Crippen MR) is 130 cm³/mol. The molecule has 0 radical (unpaired) electrons. The third-order valence-corrected chi connectivity index (χ3v) is 5.29. The van der Waals surface area contributed by atoms with Crippen molar-refractivity contribution < 1.29 is 19.5 Å². The summed E-state index contributed by atoms with van der Waals surface area (Å²) in [4.78, 5) is 21.0. The van der Waals surface area contributed by atoms with Gasteiger partial charge in [-0.3, -0.25) is 9.78 Å². The summed E-state index contributed by atoms with van der Waals surface area (Å²) in [6, 6.07) is 19.5. The van der Waals surface area contributed by atoms with Gasteiger partial charge in [-0.05, 0) is 54.7 Å². The standard InChI is InChI=1S/C27H30N2O4/c1-3-4-9-25(22-14-12-21(13-15-22)24-10-5-6-16-28-24)29-33-18-17-32-26-11-7-8-23(20(26)2)19-27(30)31/h5-8,10-16H,3-4,9,17-19H2,1-2H3,(H,30,31)/b29-25+. The lowest BCUT2D eigenvalue weighted by Gasteiger charge is -2.12. The highest BCUT2D eigenvalue weighted by molar-refractivity contribution is 6.00. The molecule has 33 heavy (non-hydrogen) atoms. The maximum absolute atomic E-state index is 11.0. The number of nitrogens with zero attached hydrogens (tertiary/aromatic N) is 2. The van der Waals surface area contributed by atoms with E-state index in [9.17, 15) is 4.79 Å². The Hall–Kier alpha value is -3.67. The highest BCUT2D eigenvalue weighted by Gasteiger charge is 2.09. The summed E-state index contributed by atoms with van der Waals surface area (Å²) in [5.74, 6) is -0.196. The van der Waals surface area contributed by atoms with Gasteiger partial charge in [-0.2, -0.15) is 0 Å². The molecular formula is C27H30N2O4. The number of oxime groups is 1. The Morgan fingerprint density at radius 2 is 1.85 bits per heavy atom. The van der Waals surface area contributed by atoms with Gasteiger partial charge in [-0.1, -0.05) is 61.0 Å². The van der Waals surface area contributed by atoms with Crippen molar-refractivity contribution in [2.75, 3.05) is 13.2 Å². The SMILES string of the molecule is CCCC/C(=N\OCCOc1cccc(CC(=O)O)c1C)c1ccc(-c2ccccn2)cc1.